The van der Waals surface area contributed by atoms with Gasteiger partial charge in [-0.15, -0.1) is 0 Å². The summed E-state index contributed by atoms with van der Waals surface area (Å²) >= 11 is 0. The van der Waals surface area contributed by atoms with Gasteiger partial charge in [-0.2, -0.15) is 0 Å². The van der Waals surface area contributed by atoms with Crippen molar-refractivity contribution in [2.45, 2.75) is 5.41 Å². The fraction of sp³-hybridized carbons (Fsp3) is 0.0154. The molecule has 1 aliphatic rings. The summed E-state index contributed by atoms with van der Waals surface area (Å²) < 4.78 is 0. The average molecular weight is 823 g/mol. The standard InChI is InChI=1S/C65H42/c1-3-15-43(16-4-1)47-31-37-59-60-38-32-48(44-17-5-2-6-18-44)42-62(60)65(61(59)41-47,53-33-27-45(28-34-53)63-55-23-11-7-19-49(55)39-50-20-8-12-24-56(50)63)54-35-29-46(30-36-54)64-57-25-13-9-21-51(57)40-52-22-10-14-26-58(52)64/h1-42H. The maximum Gasteiger partial charge on any atom is 0.0714 e. The molecule has 12 aromatic rings. The number of fused-ring (bicyclic) bond motifs is 7. The van der Waals surface area contributed by atoms with Gasteiger partial charge in [0.25, 0.3) is 0 Å². The van der Waals surface area contributed by atoms with Crippen molar-refractivity contribution in [2.24, 2.45) is 0 Å². The van der Waals surface area contributed by atoms with Gasteiger partial charge in [-0.1, -0.05) is 231 Å². The lowest BCUT2D eigenvalue weighted by Gasteiger charge is -2.35. The van der Waals surface area contributed by atoms with E-state index in [1.54, 1.807) is 0 Å². The lowest BCUT2D eigenvalue weighted by molar-refractivity contribution is 0.769. The maximum atomic E-state index is 2.48. The van der Waals surface area contributed by atoms with Gasteiger partial charge < -0.3 is 0 Å². The zero-order valence-corrected chi connectivity index (χ0v) is 35.7. The van der Waals surface area contributed by atoms with E-state index in [2.05, 4.69) is 255 Å². The SMILES string of the molecule is c1ccc(-c2ccc3c(c2)C(c2ccc(-c4c5ccccc5cc5ccccc45)cc2)(c2ccc(-c4c5ccccc5cc5ccccc45)cc2)c2cc(-c4ccccc4)ccc2-3)cc1. The van der Waals surface area contributed by atoms with E-state index in [1.807, 2.05) is 0 Å². The van der Waals surface area contributed by atoms with Gasteiger partial charge >= 0.3 is 0 Å². The summed E-state index contributed by atoms with van der Waals surface area (Å²) in [6.45, 7) is 0. The van der Waals surface area contributed by atoms with Crippen molar-refractivity contribution in [1.29, 1.82) is 0 Å². The topological polar surface area (TPSA) is 0 Å². The largest absolute Gasteiger partial charge is 0.0714 e. The third-order valence-corrected chi connectivity index (χ3v) is 14.1. The predicted molar refractivity (Wildman–Crippen MR) is 276 cm³/mol. The highest BCUT2D eigenvalue weighted by molar-refractivity contribution is 6.14. The number of hydrogen-bond donors (Lipinski definition) is 0. The molecule has 0 bridgehead atoms. The molecule has 0 unspecified atom stereocenters. The molecule has 0 heterocycles. The summed E-state index contributed by atoms with van der Waals surface area (Å²) in [5, 5.41) is 10.1. The molecule has 65 heavy (non-hydrogen) atoms. The van der Waals surface area contributed by atoms with Crippen molar-refractivity contribution in [2.75, 3.05) is 0 Å². The Labute approximate surface area is 379 Å². The molecule has 0 radical (unpaired) electrons. The summed E-state index contributed by atoms with van der Waals surface area (Å²) in [5.74, 6) is 0. The third-order valence-electron chi connectivity index (χ3n) is 14.1. The van der Waals surface area contributed by atoms with Crippen LogP contribution in [0.25, 0.3) is 98.7 Å². The van der Waals surface area contributed by atoms with Crippen molar-refractivity contribution < 1.29 is 0 Å². The minimum atomic E-state index is -0.640. The number of benzene rings is 12. The van der Waals surface area contributed by atoms with Crippen LogP contribution in [-0.4, -0.2) is 0 Å². The molecule has 302 valence electrons. The third kappa shape index (κ3) is 5.84. The van der Waals surface area contributed by atoms with Gasteiger partial charge in [-0.05, 0) is 145 Å². The zero-order valence-electron chi connectivity index (χ0n) is 35.7. The van der Waals surface area contributed by atoms with Crippen LogP contribution in [0.2, 0.25) is 0 Å². The molecule has 12 aromatic carbocycles. The Balaban J connectivity index is 1.09. The highest BCUT2D eigenvalue weighted by Crippen LogP contribution is 2.58. The minimum Gasteiger partial charge on any atom is -0.0622 e. The highest BCUT2D eigenvalue weighted by atomic mass is 14.5. The molecule has 0 aliphatic heterocycles. The molecule has 0 saturated carbocycles. The fourth-order valence-corrected chi connectivity index (χ4v) is 11.2. The van der Waals surface area contributed by atoms with Gasteiger partial charge in [0, 0.05) is 0 Å². The van der Waals surface area contributed by atoms with Crippen LogP contribution in [0, 0.1) is 0 Å². The molecule has 0 nitrogen and oxygen atoms in total. The molecule has 0 fully saturated rings. The van der Waals surface area contributed by atoms with Crippen LogP contribution in [-0.2, 0) is 5.41 Å². The van der Waals surface area contributed by atoms with E-state index in [0.717, 1.165) is 0 Å². The fourth-order valence-electron chi connectivity index (χ4n) is 11.2. The van der Waals surface area contributed by atoms with Crippen molar-refractivity contribution in [3.8, 4) is 55.6 Å². The molecule has 0 amide bonds. The van der Waals surface area contributed by atoms with E-state index in [4.69, 9.17) is 0 Å². The van der Waals surface area contributed by atoms with Crippen molar-refractivity contribution in [3.63, 3.8) is 0 Å². The number of hydrogen-bond acceptors (Lipinski definition) is 0. The van der Waals surface area contributed by atoms with E-state index in [0.29, 0.717) is 0 Å². The zero-order chi connectivity index (χ0) is 42.9. The lowest BCUT2D eigenvalue weighted by atomic mass is 9.66. The summed E-state index contributed by atoms with van der Waals surface area (Å²) in [6.07, 6.45) is 0. The van der Waals surface area contributed by atoms with E-state index < -0.39 is 5.41 Å². The van der Waals surface area contributed by atoms with E-state index in [1.165, 1.54) is 121 Å². The summed E-state index contributed by atoms with van der Waals surface area (Å²) in [5.41, 5.74) is 16.8. The highest BCUT2D eigenvalue weighted by Gasteiger charge is 2.46. The molecule has 0 spiro atoms. The van der Waals surface area contributed by atoms with Crippen molar-refractivity contribution in [1.82, 2.24) is 0 Å². The summed E-state index contributed by atoms with van der Waals surface area (Å²) in [6, 6.07) is 95.1. The predicted octanol–water partition coefficient (Wildman–Crippen LogP) is 17.3. The molecule has 0 N–H and O–H groups in total. The van der Waals surface area contributed by atoms with Crippen LogP contribution in [0.3, 0.4) is 0 Å². The van der Waals surface area contributed by atoms with Crippen molar-refractivity contribution in [3.05, 3.63) is 277 Å². The Morgan fingerprint density at radius 1 is 0.215 bits per heavy atom. The Hall–Kier alpha value is -8.32. The number of rotatable bonds is 6. The second-order valence-electron chi connectivity index (χ2n) is 17.5. The smallest absolute Gasteiger partial charge is 0.0622 e. The summed E-state index contributed by atoms with van der Waals surface area (Å²) in [4.78, 5) is 0. The van der Waals surface area contributed by atoms with Crippen LogP contribution in [0.1, 0.15) is 22.3 Å². The molecule has 1 aliphatic carbocycles. The van der Waals surface area contributed by atoms with Crippen LogP contribution >= 0.6 is 0 Å². The Bertz CT molecular complexity index is 3420. The molecular weight excluding hydrogens is 781 g/mol. The Morgan fingerprint density at radius 2 is 0.523 bits per heavy atom. The van der Waals surface area contributed by atoms with Crippen LogP contribution in [0.4, 0.5) is 0 Å². The second kappa shape index (κ2) is 14.9. The molecule has 0 heteroatoms. The van der Waals surface area contributed by atoms with E-state index in [9.17, 15) is 0 Å². The Kier molecular flexibility index (Phi) is 8.54. The lowest BCUT2D eigenvalue weighted by Crippen LogP contribution is -2.28. The quantitative estimate of drug-likeness (QED) is 0.147. The normalized spacial score (nSPS) is 12.7. The van der Waals surface area contributed by atoms with Crippen LogP contribution in [0.5, 0.6) is 0 Å². The Morgan fingerprint density at radius 3 is 0.877 bits per heavy atom. The van der Waals surface area contributed by atoms with Gasteiger partial charge in [0.2, 0.25) is 0 Å². The first-order valence-corrected chi connectivity index (χ1v) is 22.7. The first kappa shape index (κ1) is 37.3. The monoisotopic (exact) mass is 822 g/mol. The average Bonchev–Trinajstić information content (AvgIpc) is 3.67. The van der Waals surface area contributed by atoms with E-state index >= 15 is 0 Å². The van der Waals surface area contributed by atoms with E-state index in [-0.39, 0.29) is 0 Å². The molecule has 13 rings (SSSR count). The van der Waals surface area contributed by atoms with Crippen LogP contribution < -0.4 is 0 Å². The van der Waals surface area contributed by atoms with Gasteiger partial charge in [-0.3, -0.25) is 0 Å². The van der Waals surface area contributed by atoms with Gasteiger partial charge in [0.15, 0.2) is 0 Å². The van der Waals surface area contributed by atoms with Crippen LogP contribution in [0.15, 0.2) is 255 Å². The first-order chi connectivity index (χ1) is 32.2. The molecular formula is C65H42. The maximum absolute atomic E-state index is 2.48. The molecule has 0 atom stereocenters. The van der Waals surface area contributed by atoms with Crippen molar-refractivity contribution >= 4 is 43.1 Å². The van der Waals surface area contributed by atoms with Gasteiger partial charge in [-0.25, -0.2) is 0 Å². The van der Waals surface area contributed by atoms with Gasteiger partial charge in [0.05, 0.1) is 5.41 Å². The van der Waals surface area contributed by atoms with Gasteiger partial charge in [0.1, 0.15) is 0 Å². The minimum absolute atomic E-state index is 0.640. The first-order valence-electron chi connectivity index (χ1n) is 22.7. The molecule has 0 saturated heterocycles. The molecule has 0 aromatic heterocycles. The second-order valence-corrected chi connectivity index (χ2v) is 17.5. The summed E-state index contributed by atoms with van der Waals surface area (Å²) in [7, 11) is 0.